The van der Waals surface area contributed by atoms with Crippen LogP contribution in [0.1, 0.15) is 46.5 Å². The van der Waals surface area contributed by atoms with E-state index in [0.717, 1.165) is 19.4 Å². The van der Waals surface area contributed by atoms with Crippen molar-refractivity contribution in [1.29, 1.82) is 0 Å². The summed E-state index contributed by atoms with van der Waals surface area (Å²) in [5.41, 5.74) is 0.391. The molecule has 2 heteroatoms. The van der Waals surface area contributed by atoms with Crippen LogP contribution < -0.4 is 5.32 Å². The number of hydrogen-bond acceptors (Lipinski definition) is 1. The van der Waals surface area contributed by atoms with E-state index in [2.05, 4.69) is 26.1 Å². The fourth-order valence-electron chi connectivity index (χ4n) is 2.25. The molecule has 1 saturated heterocycles. The van der Waals surface area contributed by atoms with E-state index in [0.29, 0.717) is 11.3 Å². The molecule has 0 spiro atoms. The highest BCUT2D eigenvalue weighted by Gasteiger charge is 2.31. The first kappa shape index (κ1) is 10.6. The topological polar surface area (TPSA) is 29.1 Å². The molecule has 0 saturated carbocycles. The predicted octanol–water partition coefficient (Wildman–Crippen LogP) is 2.34. The fourth-order valence-corrected chi connectivity index (χ4v) is 2.25. The zero-order valence-electron chi connectivity index (χ0n) is 9.02. The van der Waals surface area contributed by atoms with Gasteiger partial charge in [-0.1, -0.05) is 27.2 Å². The minimum Gasteiger partial charge on any atom is -0.356 e. The second-order valence-electron chi connectivity index (χ2n) is 4.78. The molecule has 0 aromatic rings. The largest absolute Gasteiger partial charge is 0.356 e. The molecule has 1 amide bonds. The molecule has 1 aliphatic heterocycles. The molecule has 2 nitrogen and oxygen atoms in total. The molecule has 1 heterocycles. The number of hydrogen-bond donors (Lipinski definition) is 1. The Hall–Kier alpha value is -0.530. The van der Waals surface area contributed by atoms with Crippen LogP contribution in [0.3, 0.4) is 0 Å². The molecule has 0 aliphatic carbocycles. The van der Waals surface area contributed by atoms with Crippen molar-refractivity contribution in [2.75, 3.05) is 6.54 Å². The molecule has 1 unspecified atom stereocenters. The van der Waals surface area contributed by atoms with E-state index in [9.17, 15) is 4.79 Å². The van der Waals surface area contributed by atoms with Gasteiger partial charge in [0.15, 0.2) is 0 Å². The molecule has 0 aromatic heterocycles. The number of rotatable bonds is 3. The van der Waals surface area contributed by atoms with Gasteiger partial charge in [-0.15, -0.1) is 0 Å². The van der Waals surface area contributed by atoms with Crippen LogP contribution in [0.15, 0.2) is 0 Å². The predicted molar refractivity (Wildman–Crippen MR) is 54.4 cm³/mol. The zero-order valence-corrected chi connectivity index (χ0v) is 9.02. The Kier molecular flexibility index (Phi) is 3.34. The van der Waals surface area contributed by atoms with Crippen LogP contribution in [0.4, 0.5) is 0 Å². The Morgan fingerprint density at radius 2 is 2.23 bits per heavy atom. The van der Waals surface area contributed by atoms with Gasteiger partial charge in [-0.25, -0.2) is 0 Å². The van der Waals surface area contributed by atoms with Crippen LogP contribution in [0.5, 0.6) is 0 Å². The summed E-state index contributed by atoms with van der Waals surface area (Å²) in [5.74, 6) is 0.897. The van der Waals surface area contributed by atoms with Gasteiger partial charge in [0.05, 0.1) is 0 Å². The molecule has 13 heavy (non-hydrogen) atoms. The molecule has 0 aromatic carbocycles. The number of amides is 1. The SMILES string of the molecule is CCCC(C)(C)C1CCC(=O)NC1. The van der Waals surface area contributed by atoms with Crippen LogP contribution in [-0.4, -0.2) is 12.5 Å². The van der Waals surface area contributed by atoms with E-state index in [-0.39, 0.29) is 5.91 Å². The molecule has 1 rings (SSSR count). The molecule has 1 atom stereocenters. The summed E-state index contributed by atoms with van der Waals surface area (Å²) in [4.78, 5) is 11.0. The van der Waals surface area contributed by atoms with Gasteiger partial charge in [0.2, 0.25) is 5.91 Å². The average Bonchev–Trinajstić information content (AvgIpc) is 2.05. The van der Waals surface area contributed by atoms with Crippen molar-refractivity contribution in [1.82, 2.24) is 5.32 Å². The Balaban J connectivity index is 2.47. The lowest BCUT2D eigenvalue weighted by molar-refractivity contribution is -0.123. The summed E-state index contributed by atoms with van der Waals surface area (Å²) < 4.78 is 0. The molecule has 1 N–H and O–H groups in total. The molecular formula is C11H21NO. The molecule has 0 radical (unpaired) electrons. The van der Waals surface area contributed by atoms with Crippen molar-refractivity contribution in [3.05, 3.63) is 0 Å². The highest BCUT2D eigenvalue weighted by atomic mass is 16.1. The van der Waals surface area contributed by atoms with Crippen molar-refractivity contribution >= 4 is 5.91 Å². The second kappa shape index (κ2) is 4.12. The van der Waals surface area contributed by atoms with Crippen LogP contribution in [0.25, 0.3) is 0 Å². The number of piperidine rings is 1. The third-order valence-electron chi connectivity index (χ3n) is 3.27. The van der Waals surface area contributed by atoms with Gasteiger partial charge in [-0.3, -0.25) is 4.79 Å². The molecular weight excluding hydrogens is 162 g/mol. The minimum atomic E-state index is 0.226. The van der Waals surface area contributed by atoms with Crippen LogP contribution in [0.2, 0.25) is 0 Å². The lowest BCUT2D eigenvalue weighted by Gasteiger charge is -2.36. The van der Waals surface area contributed by atoms with Gasteiger partial charge in [-0.05, 0) is 24.2 Å². The lowest BCUT2D eigenvalue weighted by atomic mass is 9.72. The number of carbonyl (C=O) groups is 1. The van der Waals surface area contributed by atoms with Crippen molar-refractivity contribution < 1.29 is 4.79 Å². The maximum atomic E-state index is 11.0. The van der Waals surface area contributed by atoms with Gasteiger partial charge in [-0.2, -0.15) is 0 Å². The second-order valence-corrected chi connectivity index (χ2v) is 4.78. The van der Waals surface area contributed by atoms with Gasteiger partial charge in [0.25, 0.3) is 0 Å². The minimum absolute atomic E-state index is 0.226. The Bertz CT molecular complexity index is 177. The molecule has 1 fully saturated rings. The summed E-state index contributed by atoms with van der Waals surface area (Å²) in [6, 6.07) is 0. The fraction of sp³-hybridized carbons (Fsp3) is 0.909. The maximum absolute atomic E-state index is 11.0. The lowest BCUT2D eigenvalue weighted by Crippen LogP contribution is -2.41. The summed E-state index contributed by atoms with van der Waals surface area (Å²) in [7, 11) is 0. The quantitative estimate of drug-likeness (QED) is 0.715. The van der Waals surface area contributed by atoms with Crippen molar-refractivity contribution in [2.24, 2.45) is 11.3 Å². The van der Waals surface area contributed by atoms with Crippen molar-refractivity contribution in [3.8, 4) is 0 Å². The number of carbonyl (C=O) groups excluding carboxylic acids is 1. The van der Waals surface area contributed by atoms with Gasteiger partial charge >= 0.3 is 0 Å². The van der Waals surface area contributed by atoms with E-state index in [1.807, 2.05) is 0 Å². The highest BCUT2D eigenvalue weighted by Crippen LogP contribution is 2.35. The Morgan fingerprint density at radius 1 is 1.54 bits per heavy atom. The van der Waals surface area contributed by atoms with Crippen LogP contribution >= 0.6 is 0 Å². The standard InChI is InChI=1S/C11H21NO/c1-4-7-11(2,3)9-5-6-10(13)12-8-9/h9H,4-8H2,1-3H3,(H,12,13). The van der Waals surface area contributed by atoms with Crippen LogP contribution in [0, 0.1) is 11.3 Å². The maximum Gasteiger partial charge on any atom is 0.220 e. The monoisotopic (exact) mass is 183 g/mol. The Labute approximate surface area is 81.1 Å². The van der Waals surface area contributed by atoms with Gasteiger partial charge in [0, 0.05) is 13.0 Å². The van der Waals surface area contributed by atoms with Gasteiger partial charge in [0.1, 0.15) is 0 Å². The third-order valence-corrected chi connectivity index (χ3v) is 3.27. The molecule has 0 bridgehead atoms. The summed E-state index contributed by atoms with van der Waals surface area (Å²) >= 11 is 0. The highest BCUT2D eigenvalue weighted by molar-refractivity contribution is 5.76. The third kappa shape index (κ3) is 2.71. The summed E-state index contributed by atoms with van der Waals surface area (Å²) in [6.45, 7) is 7.74. The average molecular weight is 183 g/mol. The van der Waals surface area contributed by atoms with E-state index < -0.39 is 0 Å². The first-order valence-electron chi connectivity index (χ1n) is 5.33. The molecule has 76 valence electrons. The zero-order chi connectivity index (χ0) is 9.90. The summed E-state index contributed by atoms with van der Waals surface area (Å²) in [5, 5.41) is 2.96. The van der Waals surface area contributed by atoms with Gasteiger partial charge < -0.3 is 5.32 Å². The van der Waals surface area contributed by atoms with E-state index in [1.54, 1.807) is 0 Å². The van der Waals surface area contributed by atoms with E-state index in [4.69, 9.17) is 0 Å². The smallest absolute Gasteiger partial charge is 0.220 e. The van der Waals surface area contributed by atoms with E-state index >= 15 is 0 Å². The van der Waals surface area contributed by atoms with Crippen molar-refractivity contribution in [2.45, 2.75) is 46.5 Å². The van der Waals surface area contributed by atoms with Crippen LogP contribution in [-0.2, 0) is 4.79 Å². The summed E-state index contributed by atoms with van der Waals surface area (Å²) in [6.07, 6.45) is 4.28. The van der Waals surface area contributed by atoms with E-state index in [1.165, 1.54) is 12.8 Å². The first-order valence-corrected chi connectivity index (χ1v) is 5.33. The normalized spacial score (nSPS) is 24.2. The first-order chi connectivity index (χ1) is 6.06. The Morgan fingerprint density at radius 3 is 2.69 bits per heavy atom. The molecule has 1 aliphatic rings. The number of nitrogens with one attached hydrogen (secondary N) is 1. The van der Waals surface area contributed by atoms with Crippen molar-refractivity contribution in [3.63, 3.8) is 0 Å².